The normalized spacial score (nSPS) is 31.8. The van der Waals surface area contributed by atoms with Crippen LogP contribution in [0.5, 0.6) is 0 Å². The summed E-state index contributed by atoms with van der Waals surface area (Å²) >= 11 is 0. The molecule has 0 saturated carbocycles. The minimum absolute atomic E-state index is 0.390. The van der Waals surface area contributed by atoms with E-state index in [9.17, 15) is 0 Å². The fourth-order valence-electron chi connectivity index (χ4n) is 8.94. The Balaban J connectivity index is 1.31. The predicted octanol–water partition coefficient (Wildman–Crippen LogP) is 10.5. The summed E-state index contributed by atoms with van der Waals surface area (Å²) in [6.07, 6.45) is 51.9. The molecule has 2 N–H and O–H groups in total. The molecule has 3 heteroatoms. The smallest absolute Gasteiger partial charge is 0.0457 e. The molecule has 0 saturated heterocycles. The van der Waals surface area contributed by atoms with Crippen LogP contribution in [0, 0.1) is 17.8 Å². The van der Waals surface area contributed by atoms with Crippen molar-refractivity contribution in [2.24, 2.45) is 28.5 Å². The van der Waals surface area contributed by atoms with Crippen molar-refractivity contribution in [1.82, 2.24) is 4.90 Å². The molecule has 0 bridgehead atoms. The van der Waals surface area contributed by atoms with E-state index in [1.807, 2.05) is 0 Å². The van der Waals surface area contributed by atoms with Crippen molar-refractivity contribution in [3.8, 4) is 0 Å². The highest BCUT2D eigenvalue weighted by molar-refractivity contribution is 5.62. The first-order chi connectivity index (χ1) is 24.6. The highest BCUT2D eigenvalue weighted by atomic mass is 15.2. The zero-order chi connectivity index (χ0) is 34.3. The van der Waals surface area contributed by atoms with Crippen LogP contribution in [0.2, 0.25) is 0 Å². The Morgan fingerprint density at radius 3 is 2.50 bits per heavy atom. The fourth-order valence-corrected chi connectivity index (χ4v) is 8.94. The molecule has 0 aromatic carbocycles. The minimum atomic E-state index is 0.390. The van der Waals surface area contributed by atoms with Crippen LogP contribution in [-0.4, -0.2) is 43.3 Å². The third-order valence-electron chi connectivity index (χ3n) is 12.1. The Bertz CT molecular complexity index is 1740. The molecule has 5 aliphatic carbocycles. The zero-order valence-corrected chi connectivity index (χ0v) is 30.5. The van der Waals surface area contributed by atoms with Gasteiger partial charge in [0.15, 0.2) is 0 Å². The van der Waals surface area contributed by atoms with Crippen molar-refractivity contribution in [1.29, 1.82) is 0 Å². The summed E-state index contributed by atoms with van der Waals surface area (Å²) in [6.45, 7) is 7.92. The monoisotopic (exact) mass is 663 g/mol. The summed E-state index contributed by atoms with van der Waals surface area (Å²) in [5.74, 6) is 1.75. The predicted molar refractivity (Wildman–Crippen MR) is 214 cm³/mol. The van der Waals surface area contributed by atoms with Crippen LogP contribution in [-0.2, 0) is 0 Å². The molecular formula is C47H57N3. The van der Waals surface area contributed by atoms with Gasteiger partial charge < -0.3 is 5.73 Å². The van der Waals surface area contributed by atoms with E-state index < -0.39 is 0 Å². The van der Waals surface area contributed by atoms with E-state index in [1.165, 1.54) is 70.3 Å². The molecule has 2 heterocycles. The maximum Gasteiger partial charge on any atom is 0.0457 e. The highest BCUT2D eigenvalue weighted by Gasteiger charge is 2.31. The lowest BCUT2D eigenvalue weighted by Gasteiger charge is -2.39. The number of nitrogens with two attached hydrogens (primary N) is 1. The van der Waals surface area contributed by atoms with Gasteiger partial charge in [-0.1, -0.05) is 97.2 Å². The van der Waals surface area contributed by atoms with E-state index in [-0.39, 0.29) is 0 Å². The first-order valence-electron chi connectivity index (χ1n) is 19.5. The average molecular weight is 664 g/mol. The summed E-state index contributed by atoms with van der Waals surface area (Å²) in [7, 11) is 0. The van der Waals surface area contributed by atoms with E-state index in [2.05, 4.69) is 127 Å². The third kappa shape index (κ3) is 8.06. The number of rotatable bonds is 7. The van der Waals surface area contributed by atoms with Gasteiger partial charge in [0.2, 0.25) is 0 Å². The van der Waals surface area contributed by atoms with E-state index >= 15 is 0 Å². The Morgan fingerprint density at radius 1 is 0.840 bits per heavy atom. The molecule has 0 fully saturated rings. The van der Waals surface area contributed by atoms with Gasteiger partial charge in [-0.05, 0) is 152 Å². The van der Waals surface area contributed by atoms with Crippen LogP contribution < -0.4 is 5.73 Å². The number of hydrogen-bond acceptors (Lipinski definition) is 3. The van der Waals surface area contributed by atoms with Crippen LogP contribution in [0.25, 0.3) is 0 Å². The van der Waals surface area contributed by atoms with Crippen LogP contribution in [0.1, 0.15) is 78.1 Å². The second kappa shape index (κ2) is 16.5. The van der Waals surface area contributed by atoms with Gasteiger partial charge in [-0.3, -0.25) is 9.89 Å². The standard InChI is InChI=1S/C47H57N3/c1-34-16-17-36(18-19-40(26-28-48)43-27-29-49-31-43)32-50(44-25-24-38-12-6-7-13-42(38)30-44)33-47(46-15-9-8-14-45(46)35(34)2)41-22-20-39(21-23-41)37-10-4-3-5-11-37/h3-4,7-8,10,13-14,16-20,22,24-26,29,38,42-44H,5-6,9,11-12,15,21,23,27-28,30-33,48H2,1-2H3/b19-18+,34-16?,36-17-,40-26+,45-35?,47-46+. The molecule has 7 rings (SSSR count). The highest BCUT2D eigenvalue weighted by Crippen LogP contribution is 2.40. The maximum atomic E-state index is 6.08. The number of hydrogen-bond donors (Lipinski definition) is 1. The lowest BCUT2D eigenvalue weighted by molar-refractivity contribution is 0.214. The van der Waals surface area contributed by atoms with Crippen LogP contribution in [0.4, 0.5) is 0 Å². The van der Waals surface area contributed by atoms with Crippen LogP contribution in [0.15, 0.2) is 158 Å². The summed E-state index contributed by atoms with van der Waals surface area (Å²) in [5, 5.41) is 0. The first kappa shape index (κ1) is 34.6. The second-order valence-electron chi connectivity index (χ2n) is 15.3. The van der Waals surface area contributed by atoms with Gasteiger partial charge in [0.05, 0.1) is 0 Å². The SMILES string of the molecule is CC1=C/C=C(/C=C/C(=C\CN)C2CC=NC2)CN(C2C=CC3CCC=CC3C2)C/C(C2=CC=C(C3=CC=CCC3)CC2)=C2/CCC=CC2=C1C. The van der Waals surface area contributed by atoms with E-state index in [0.717, 1.165) is 58.2 Å². The molecule has 0 aromatic heterocycles. The van der Waals surface area contributed by atoms with Crippen molar-refractivity contribution < 1.29 is 0 Å². The molecule has 3 nitrogen and oxygen atoms in total. The number of fused-ring (bicyclic) bond motifs is 2. The van der Waals surface area contributed by atoms with Crippen molar-refractivity contribution in [3.63, 3.8) is 0 Å². The first-order valence-corrected chi connectivity index (χ1v) is 19.5. The van der Waals surface area contributed by atoms with Crippen molar-refractivity contribution in [2.45, 2.75) is 84.1 Å². The van der Waals surface area contributed by atoms with E-state index in [1.54, 1.807) is 11.1 Å². The lowest BCUT2D eigenvalue weighted by atomic mass is 9.76. The van der Waals surface area contributed by atoms with E-state index in [0.29, 0.717) is 30.3 Å². The molecule has 0 spiro atoms. The fraction of sp³-hybridized carbons (Fsp3) is 0.426. The molecule has 260 valence electrons. The topological polar surface area (TPSA) is 41.6 Å². The molecule has 0 aromatic rings. The minimum Gasteiger partial charge on any atom is -0.327 e. The lowest BCUT2D eigenvalue weighted by Crippen LogP contribution is -2.41. The molecule has 2 aliphatic heterocycles. The summed E-state index contributed by atoms with van der Waals surface area (Å²) in [4.78, 5) is 7.36. The van der Waals surface area contributed by atoms with E-state index in [4.69, 9.17) is 5.73 Å². The molecule has 0 radical (unpaired) electrons. The number of aliphatic imine (C=N–C) groups is 1. The Morgan fingerprint density at radius 2 is 1.70 bits per heavy atom. The summed E-state index contributed by atoms with van der Waals surface area (Å²) in [5.41, 5.74) is 20.6. The molecular weight excluding hydrogens is 607 g/mol. The molecule has 50 heavy (non-hydrogen) atoms. The van der Waals surface area contributed by atoms with Gasteiger partial charge in [0.25, 0.3) is 0 Å². The molecule has 7 aliphatic rings. The van der Waals surface area contributed by atoms with Crippen molar-refractivity contribution >= 4 is 6.21 Å². The number of allylic oxidation sites excluding steroid dienone is 19. The van der Waals surface area contributed by atoms with Gasteiger partial charge in [-0.15, -0.1) is 0 Å². The third-order valence-corrected chi connectivity index (χ3v) is 12.1. The zero-order valence-electron chi connectivity index (χ0n) is 30.5. The Kier molecular flexibility index (Phi) is 11.4. The van der Waals surface area contributed by atoms with Gasteiger partial charge >= 0.3 is 0 Å². The van der Waals surface area contributed by atoms with Crippen LogP contribution in [0.3, 0.4) is 0 Å². The quantitative estimate of drug-likeness (QED) is 0.218. The second-order valence-corrected chi connectivity index (χ2v) is 15.3. The van der Waals surface area contributed by atoms with Gasteiger partial charge in [-0.25, -0.2) is 0 Å². The van der Waals surface area contributed by atoms with Gasteiger partial charge in [-0.2, -0.15) is 0 Å². The summed E-state index contributed by atoms with van der Waals surface area (Å²) in [6, 6.07) is 0.390. The van der Waals surface area contributed by atoms with Gasteiger partial charge in [0.1, 0.15) is 0 Å². The van der Waals surface area contributed by atoms with Crippen LogP contribution >= 0.6 is 0 Å². The molecule has 0 amide bonds. The Hall–Kier alpha value is -3.79. The van der Waals surface area contributed by atoms with Crippen molar-refractivity contribution in [2.75, 3.05) is 26.2 Å². The van der Waals surface area contributed by atoms with Crippen molar-refractivity contribution in [3.05, 3.63) is 153 Å². The Labute approximate surface area is 302 Å². The van der Waals surface area contributed by atoms with Gasteiger partial charge in [0, 0.05) is 38.1 Å². The largest absolute Gasteiger partial charge is 0.327 e. The number of nitrogens with zero attached hydrogens (tertiary/aromatic N) is 2. The summed E-state index contributed by atoms with van der Waals surface area (Å²) < 4.78 is 0. The molecule has 4 unspecified atom stereocenters. The maximum absolute atomic E-state index is 6.08. The molecule has 4 atom stereocenters. The average Bonchev–Trinajstić information content (AvgIpc) is 3.71.